The number of halogens is 2. The SMILES string of the molecule is CCCNCc1cnn(CC(F)F)c1C. The number of alkyl halides is 2. The molecule has 0 bridgehead atoms. The Labute approximate surface area is 88.5 Å². The normalized spacial score (nSPS) is 11.3. The van der Waals surface area contributed by atoms with Crippen molar-refractivity contribution >= 4 is 0 Å². The smallest absolute Gasteiger partial charge is 0.257 e. The van der Waals surface area contributed by atoms with Crippen LogP contribution in [-0.2, 0) is 13.1 Å². The van der Waals surface area contributed by atoms with E-state index in [2.05, 4.69) is 17.3 Å². The van der Waals surface area contributed by atoms with Crippen molar-refractivity contribution in [1.29, 1.82) is 0 Å². The molecule has 86 valence electrons. The van der Waals surface area contributed by atoms with Gasteiger partial charge in [0, 0.05) is 17.8 Å². The van der Waals surface area contributed by atoms with E-state index in [9.17, 15) is 8.78 Å². The Hall–Kier alpha value is -0.970. The molecule has 0 saturated heterocycles. The molecular weight excluding hydrogens is 200 g/mol. The molecule has 0 aliphatic carbocycles. The topological polar surface area (TPSA) is 29.9 Å². The summed E-state index contributed by atoms with van der Waals surface area (Å²) >= 11 is 0. The predicted molar refractivity (Wildman–Crippen MR) is 55.0 cm³/mol. The van der Waals surface area contributed by atoms with Crippen LogP contribution in [0.2, 0.25) is 0 Å². The maximum absolute atomic E-state index is 12.1. The van der Waals surface area contributed by atoms with Gasteiger partial charge in [0.2, 0.25) is 0 Å². The zero-order valence-electron chi connectivity index (χ0n) is 9.13. The minimum Gasteiger partial charge on any atom is -0.313 e. The van der Waals surface area contributed by atoms with Crippen LogP contribution in [0.5, 0.6) is 0 Å². The molecule has 0 aromatic carbocycles. The summed E-state index contributed by atoms with van der Waals surface area (Å²) in [4.78, 5) is 0. The van der Waals surface area contributed by atoms with Gasteiger partial charge in [0.25, 0.3) is 6.43 Å². The van der Waals surface area contributed by atoms with Crippen molar-refractivity contribution in [2.75, 3.05) is 6.54 Å². The summed E-state index contributed by atoms with van der Waals surface area (Å²) in [5.74, 6) is 0. The molecule has 15 heavy (non-hydrogen) atoms. The average Bonchev–Trinajstić information content (AvgIpc) is 2.49. The van der Waals surface area contributed by atoms with Crippen molar-refractivity contribution in [2.24, 2.45) is 0 Å². The van der Waals surface area contributed by atoms with Crippen LogP contribution < -0.4 is 5.32 Å². The second kappa shape index (κ2) is 5.80. The number of nitrogens with one attached hydrogen (secondary N) is 1. The standard InChI is InChI=1S/C10H17F2N3/c1-3-4-13-5-9-6-14-15(8(9)2)7-10(11)12/h6,10,13H,3-5,7H2,1-2H3. The van der Waals surface area contributed by atoms with E-state index < -0.39 is 6.43 Å². The quantitative estimate of drug-likeness (QED) is 0.738. The van der Waals surface area contributed by atoms with E-state index in [4.69, 9.17) is 0 Å². The van der Waals surface area contributed by atoms with Gasteiger partial charge in [-0.25, -0.2) is 8.78 Å². The van der Waals surface area contributed by atoms with Gasteiger partial charge in [-0.05, 0) is 19.9 Å². The molecule has 0 radical (unpaired) electrons. The molecule has 1 N–H and O–H groups in total. The molecule has 1 rings (SSSR count). The molecule has 1 heterocycles. The second-order valence-corrected chi connectivity index (χ2v) is 3.51. The fourth-order valence-corrected chi connectivity index (χ4v) is 1.37. The summed E-state index contributed by atoms with van der Waals surface area (Å²) in [5.41, 5.74) is 1.81. The lowest BCUT2D eigenvalue weighted by Crippen LogP contribution is -2.15. The highest BCUT2D eigenvalue weighted by molar-refractivity contribution is 5.15. The number of hydrogen-bond acceptors (Lipinski definition) is 2. The third-order valence-corrected chi connectivity index (χ3v) is 2.26. The van der Waals surface area contributed by atoms with Gasteiger partial charge in [0.05, 0.1) is 6.20 Å². The van der Waals surface area contributed by atoms with Crippen molar-refractivity contribution in [3.63, 3.8) is 0 Å². The number of nitrogens with zero attached hydrogens (tertiary/aromatic N) is 2. The Morgan fingerprint density at radius 2 is 2.27 bits per heavy atom. The minimum atomic E-state index is -2.35. The molecule has 0 aliphatic rings. The van der Waals surface area contributed by atoms with E-state index in [0.717, 1.165) is 24.2 Å². The number of hydrogen-bond donors (Lipinski definition) is 1. The third kappa shape index (κ3) is 3.58. The molecule has 1 aromatic rings. The van der Waals surface area contributed by atoms with Crippen LogP contribution >= 0.6 is 0 Å². The fourth-order valence-electron chi connectivity index (χ4n) is 1.37. The first-order valence-corrected chi connectivity index (χ1v) is 5.15. The molecule has 0 unspecified atom stereocenters. The van der Waals surface area contributed by atoms with E-state index in [1.807, 2.05) is 6.92 Å². The van der Waals surface area contributed by atoms with Crippen LogP contribution in [0.25, 0.3) is 0 Å². The molecule has 0 spiro atoms. The highest BCUT2D eigenvalue weighted by Gasteiger charge is 2.10. The average molecular weight is 217 g/mol. The van der Waals surface area contributed by atoms with Crippen LogP contribution in [0.3, 0.4) is 0 Å². The van der Waals surface area contributed by atoms with Crippen molar-refractivity contribution in [2.45, 2.75) is 39.8 Å². The zero-order valence-corrected chi connectivity index (χ0v) is 9.13. The van der Waals surface area contributed by atoms with Crippen LogP contribution in [-0.4, -0.2) is 22.8 Å². The van der Waals surface area contributed by atoms with Crippen LogP contribution in [0.15, 0.2) is 6.20 Å². The first-order chi connectivity index (χ1) is 7.15. The van der Waals surface area contributed by atoms with E-state index >= 15 is 0 Å². The Morgan fingerprint density at radius 3 is 2.87 bits per heavy atom. The molecule has 1 aromatic heterocycles. The lowest BCUT2D eigenvalue weighted by molar-refractivity contribution is 0.121. The Bertz CT molecular complexity index is 297. The van der Waals surface area contributed by atoms with E-state index in [-0.39, 0.29) is 6.54 Å². The Balaban J connectivity index is 2.55. The largest absolute Gasteiger partial charge is 0.313 e. The van der Waals surface area contributed by atoms with Crippen molar-refractivity contribution in [1.82, 2.24) is 15.1 Å². The summed E-state index contributed by atoms with van der Waals surface area (Å²) in [7, 11) is 0. The molecule has 3 nitrogen and oxygen atoms in total. The van der Waals surface area contributed by atoms with Gasteiger partial charge >= 0.3 is 0 Å². The monoisotopic (exact) mass is 217 g/mol. The number of rotatable bonds is 6. The maximum Gasteiger partial charge on any atom is 0.257 e. The lowest BCUT2D eigenvalue weighted by atomic mass is 10.2. The summed E-state index contributed by atoms with van der Waals surface area (Å²) < 4.78 is 25.6. The van der Waals surface area contributed by atoms with E-state index in [0.29, 0.717) is 6.54 Å². The molecule has 0 aliphatic heterocycles. The first kappa shape index (κ1) is 12.1. The highest BCUT2D eigenvalue weighted by atomic mass is 19.3. The Morgan fingerprint density at radius 1 is 1.53 bits per heavy atom. The zero-order chi connectivity index (χ0) is 11.3. The van der Waals surface area contributed by atoms with Gasteiger partial charge < -0.3 is 5.32 Å². The van der Waals surface area contributed by atoms with Gasteiger partial charge in [-0.1, -0.05) is 6.92 Å². The summed E-state index contributed by atoms with van der Waals surface area (Å²) in [6.07, 6.45) is 0.366. The van der Waals surface area contributed by atoms with Gasteiger partial charge in [0.1, 0.15) is 6.54 Å². The van der Waals surface area contributed by atoms with Crippen LogP contribution in [0.1, 0.15) is 24.6 Å². The Kier molecular flexibility index (Phi) is 4.68. The fraction of sp³-hybridized carbons (Fsp3) is 0.700. The third-order valence-electron chi connectivity index (χ3n) is 2.26. The molecule has 0 fully saturated rings. The van der Waals surface area contributed by atoms with Crippen LogP contribution in [0, 0.1) is 6.92 Å². The summed E-state index contributed by atoms with van der Waals surface area (Å²) in [5, 5.41) is 7.15. The van der Waals surface area contributed by atoms with Gasteiger partial charge in [-0.3, -0.25) is 4.68 Å². The summed E-state index contributed by atoms with van der Waals surface area (Å²) in [6.45, 7) is 5.21. The lowest BCUT2D eigenvalue weighted by Gasteiger charge is -2.05. The highest BCUT2D eigenvalue weighted by Crippen LogP contribution is 2.08. The molecule has 0 saturated carbocycles. The van der Waals surface area contributed by atoms with Crippen molar-refractivity contribution in [3.05, 3.63) is 17.5 Å². The molecule has 5 heteroatoms. The number of aromatic nitrogens is 2. The van der Waals surface area contributed by atoms with Crippen molar-refractivity contribution in [3.8, 4) is 0 Å². The minimum absolute atomic E-state index is 0.320. The first-order valence-electron chi connectivity index (χ1n) is 5.15. The maximum atomic E-state index is 12.1. The van der Waals surface area contributed by atoms with Gasteiger partial charge in [-0.2, -0.15) is 5.10 Å². The van der Waals surface area contributed by atoms with Gasteiger partial charge in [0.15, 0.2) is 0 Å². The molecule has 0 atom stereocenters. The van der Waals surface area contributed by atoms with E-state index in [1.165, 1.54) is 4.68 Å². The second-order valence-electron chi connectivity index (χ2n) is 3.51. The summed E-state index contributed by atoms with van der Waals surface area (Å²) in [6, 6.07) is 0. The van der Waals surface area contributed by atoms with Crippen molar-refractivity contribution < 1.29 is 8.78 Å². The van der Waals surface area contributed by atoms with Gasteiger partial charge in [-0.15, -0.1) is 0 Å². The van der Waals surface area contributed by atoms with Crippen LogP contribution in [0.4, 0.5) is 8.78 Å². The predicted octanol–water partition coefficient (Wildman–Crippen LogP) is 1.96. The van der Waals surface area contributed by atoms with E-state index in [1.54, 1.807) is 6.20 Å². The molecular formula is C10H17F2N3. The molecule has 0 amide bonds.